The minimum Gasteiger partial charge on any atom is -0.468 e. The molecule has 3 rings (SSSR count). The van der Waals surface area contributed by atoms with Gasteiger partial charge in [-0.05, 0) is 30.9 Å². The second kappa shape index (κ2) is 6.26. The van der Waals surface area contributed by atoms with E-state index in [1.165, 1.54) is 8.61 Å². The first-order valence-corrected chi connectivity index (χ1v) is 9.42. The van der Waals surface area contributed by atoms with E-state index < -0.39 is 16.3 Å². The van der Waals surface area contributed by atoms with Gasteiger partial charge in [0.2, 0.25) is 5.91 Å². The van der Waals surface area contributed by atoms with E-state index in [9.17, 15) is 13.2 Å². The Kier molecular flexibility index (Phi) is 4.48. The lowest BCUT2D eigenvalue weighted by Gasteiger charge is -2.39. The molecular formula is C15H23N3O4S. The van der Waals surface area contributed by atoms with E-state index in [-0.39, 0.29) is 17.9 Å². The quantitative estimate of drug-likeness (QED) is 0.889. The van der Waals surface area contributed by atoms with Crippen molar-refractivity contribution < 1.29 is 17.6 Å². The van der Waals surface area contributed by atoms with E-state index in [1.54, 1.807) is 18.4 Å². The number of carbonyl (C=O) groups is 1. The molecule has 2 aliphatic rings. The molecule has 0 aromatic carbocycles. The molecule has 2 atom stereocenters. The Balaban J connectivity index is 1.92. The molecule has 128 valence electrons. The summed E-state index contributed by atoms with van der Waals surface area (Å²) in [6.45, 7) is 4.84. The van der Waals surface area contributed by atoms with Crippen molar-refractivity contribution in [3.8, 4) is 0 Å². The van der Waals surface area contributed by atoms with Gasteiger partial charge in [-0.25, -0.2) is 0 Å². The van der Waals surface area contributed by atoms with Crippen LogP contribution in [-0.2, 0) is 15.0 Å². The second-order valence-corrected chi connectivity index (χ2v) is 8.22. The third-order valence-electron chi connectivity index (χ3n) is 4.51. The lowest BCUT2D eigenvalue weighted by molar-refractivity contribution is -0.128. The molecule has 0 radical (unpaired) electrons. The van der Waals surface area contributed by atoms with Crippen molar-refractivity contribution >= 4 is 16.1 Å². The van der Waals surface area contributed by atoms with Crippen molar-refractivity contribution in [3.63, 3.8) is 0 Å². The molecule has 2 saturated heterocycles. The predicted molar refractivity (Wildman–Crippen MR) is 84.7 cm³/mol. The standard InChI is InChI=1S/C15H23N3O4S/c1-11(2)14-15(19)16-7-9-18(14)23(20,21)17-8-3-5-12(17)13-6-4-10-22-13/h4,6,10-12,14H,3,5,7-9H2,1-2H3,(H,16,19)/t12-,14+/m1/s1. The highest BCUT2D eigenvalue weighted by Crippen LogP contribution is 2.36. The van der Waals surface area contributed by atoms with Gasteiger partial charge < -0.3 is 9.73 Å². The fourth-order valence-electron chi connectivity index (χ4n) is 3.47. The molecule has 1 N–H and O–H groups in total. The van der Waals surface area contributed by atoms with Crippen LogP contribution in [0.25, 0.3) is 0 Å². The molecule has 2 fully saturated rings. The normalized spacial score (nSPS) is 27.5. The minimum absolute atomic E-state index is 0.0882. The van der Waals surface area contributed by atoms with Crippen LogP contribution in [-0.4, -0.2) is 48.6 Å². The van der Waals surface area contributed by atoms with Gasteiger partial charge in [0.1, 0.15) is 11.8 Å². The summed E-state index contributed by atoms with van der Waals surface area (Å²) in [5.74, 6) is 0.354. The van der Waals surface area contributed by atoms with Crippen molar-refractivity contribution in [3.05, 3.63) is 24.2 Å². The first kappa shape index (κ1) is 16.5. The summed E-state index contributed by atoms with van der Waals surface area (Å²) in [7, 11) is -3.72. The Morgan fingerprint density at radius 2 is 2.09 bits per heavy atom. The highest BCUT2D eigenvalue weighted by Gasteiger charge is 2.46. The number of carbonyl (C=O) groups excluding carboxylic acids is 1. The zero-order chi connectivity index (χ0) is 16.6. The molecule has 0 bridgehead atoms. The van der Waals surface area contributed by atoms with Gasteiger partial charge in [-0.2, -0.15) is 17.0 Å². The predicted octanol–water partition coefficient (Wildman–Crippen LogP) is 1.12. The number of rotatable bonds is 4. The van der Waals surface area contributed by atoms with Crippen molar-refractivity contribution in [1.29, 1.82) is 0 Å². The summed E-state index contributed by atoms with van der Waals surface area (Å²) in [6, 6.07) is 2.63. The van der Waals surface area contributed by atoms with Crippen LogP contribution in [0, 0.1) is 5.92 Å². The molecule has 7 nitrogen and oxygen atoms in total. The van der Waals surface area contributed by atoms with Gasteiger partial charge in [0.15, 0.2) is 0 Å². The topological polar surface area (TPSA) is 82.9 Å². The first-order chi connectivity index (χ1) is 10.9. The molecule has 1 amide bonds. The fourth-order valence-corrected chi connectivity index (χ4v) is 5.58. The highest BCUT2D eigenvalue weighted by atomic mass is 32.2. The molecular weight excluding hydrogens is 318 g/mol. The average molecular weight is 341 g/mol. The fraction of sp³-hybridized carbons (Fsp3) is 0.667. The molecule has 3 heterocycles. The Morgan fingerprint density at radius 3 is 2.74 bits per heavy atom. The highest BCUT2D eigenvalue weighted by molar-refractivity contribution is 7.86. The molecule has 1 aromatic rings. The Labute approximate surface area is 136 Å². The van der Waals surface area contributed by atoms with E-state index in [0.717, 1.165) is 12.8 Å². The van der Waals surface area contributed by atoms with Crippen molar-refractivity contribution in [1.82, 2.24) is 13.9 Å². The van der Waals surface area contributed by atoms with Crippen LogP contribution < -0.4 is 5.32 Å². The summed E-state index contributed by atoms with van der Waals surface area (Å²) in [6.07, 6.45) is 3.08. The number of hydrogen-bond donors (Lipinski definition) is 1. The maximum absolute atomic E-state index is 13.2. The SMILES string of the molecule is CC(C)[C@H]1C(=O)NCCN1S(=O)(=O)N1CCC[C@@H]1c1ccco1. The van der Waals surface area contributed by atoms with Crippen molar-refractivity contribution in [2.45, 2.75) is 38.8 Å². The summed E-state index contributed by atoms with van der Waals surface area (Å²) in [5, 5.41) is 2.76. The molecule has 2 aliphatic heterocycles. The number of piperazine rings is 1. The van der Waals surface area contributed by atoms with Gasteiger partial charge in [0.05, 0.1) is 12.3 Å². The molecule has 1 aromatic heterocycles. The van der Waals surface area contributed by atoms with E-state index in [0.29, 0.717) is 25.4 Å². The van der Waals surface area contributed by atoms with Crippen LogP contribution in [0.4, 0.5) is 0 Å². The van der Waals surface area contributed by atoms with Crippen LogP contribution in [0.5, 0.6) is 0 Å². The van der Waals surface area contributed by atoms with E-state index >= 15 is 0 Å². The average Bonchev–Trinajstić information content (AvgIpc) is 3.17. The number of furan rings is 1. The Bertz CT molecular complexity index is 656. The van der Waals surface area contributed by atoms with Gasteiger partial charge >= 0.3 is 0 Å². The second-order valence-electron chi connectivity index (χ2n) is 6.38. The van der Waals surface area contributed by atoms with Gasteiger partial charge in [0.25, 0.3) is 10.2 Å². The first-order valence-electron chi connectivity index (χ1n) is 8.02. The van der Waals surface area contributed by atoms with E-state index in [1.807, 2.05) is 13.8 Å². The summed E-state index contributed by atoms with van der Waals surface area (Å²) >= 11 is 0. The maximum Gasteiger partial charge on any atom is 0.283 e. The third-order valence-corrected chi connectivity index (χ3v) is 6.54. The van der Waals surface area contributed by atoms with Crippen LogP contribution in [0.1, 0.15) is 38.5 Å². The third kappa shape index (κ3) is 2.90. The van der Waals surface area contributed by atoms with Crippen molar-refractivity contribution in [2.75, 3.05) is 19.6 Å². The summed E-state index contributed by atoms with van der Waals surface area (Å²) in [4.78, 5) is 12.2. The van der Waals surface area contributed by atoms with Crippen molar-refractivity contribution in [2.24, 2.45) is 5.92 Å². The monoisotopic (exact) mass is 341 g/mol. The molecule has 8 heteroatoms. The molecule has 23 heavy (non-hydrogen) atoms. The molecule has 0 spiro atoms. The Hall–Kier alpha value is -1.38. The maximum atomic E-state index is 13.2. The van der Waals surface area contributed by atoms with Crippen LogP contribution in [0.15, 0.2) is 22.8 Å². The molecule has 0 aliphatic carbocycles. The lowest BCUT2D eigenvalue weighted by atomic mass is 10.0. The summed E-state index contributed by atoms with van der Waals surface area (Å²) < 4.78 is 34.6. The molecule has 0 saturated carbocycles. The molecule has 0 unspecified atom stereocenters. The summed E-state index contributed by atoms with van der Waals surface area (Å²) in [5.41, 5.74) is 0. The van der Waals surface area contributed by atoms with Gasteiger partial charge in [-0.15, -0.1) is 0 Å². The van der Waals surface area contributed by atoms with E-state index in [2.05, 4.69) is 5.32 Å². The number of nitrogens with one attached hydrogen (secondary N) is 1. The lowest BCUT2D eigenvalue weighted by Crippen LogP contribution is -2.61. The number of nitrogens with zero attached hydrogens (tertiary/aromatic N) is 2. The minimum atomic E-state index is -3.72. The van der Waals surface area contributed by atoms with Crippen LogP contribution in [0.3, 0.4) is 0 Å². The van der Waals surface area contributed by atoms with Crippen LogP contribution >= 0.6 is 0 Å². The smallest absolute Gasteiger partial charge is 0.283 e. The zero-order valence-electron chi connectivity index (χ0n) is 13.4. The van der Waals surface area contributed by atoms with Gasteiger partial charge in [-0.3, -0.25) is 4.79 Å². The van der Waals surface area contributed by atoms with Crippen LogP contribution in [0.2, 0.25) is 0 Å². The number of hydrogen-bond acceptors (Lipinski definition) is 4. The van der Waals surface area contributed by atoms with Gasteiger partial charge in [0, 0.05) is 19.6 Å². The largest absolute Gasteiger partial charge is 0.468 e. The van der Waals surface area contributed by atoms with Gasteiger partial charge in [-0.1, -0.05) is 13.8 Å². The Morgan fingerprint density at radius 1 is 1.30 bits per heavy atom. The number of amides is 1. The van der Waals surface area contributed by atoms with E-state index in [4.69, 9.17) is 4.42 Å². The zero-order valence-corrected chi connectivity index (χ0v) is 14.3.